The number of ether oxygens (including phenoxy) is 1. The molecular weight excluding hydrogens is 158 g/mol. The number of nitrogens with one attached hydrogen (secondary N) is 1. The Morgan fingerprint density at radius 1 is 1.67 bits per heavy atom. The van der Waals surface area contributed by atoms with Gasteiger partial charge in [-0.2, -0.15) is 0 Å². The summed E-state index contributed by atoms with van der Waals surface area (Å²) in [5.74, 6) is 0.533. The third-order valence-electron chi connectivity index (χ3n) is 1.20. The molecule has 1 rings (SSSR count). The Labute approximate surface area is 69.7 Å². The smallest absolute Gasteiger partial charge is 0.213 e. The van der Waals surface area contributed by atoms with Crippen molar-refractivity contribution in [2.75, 3.05) is 7.11 Å². The zero-order valence-corrected chi connectivity index (χ0v) is 6.56. The van der Waals surface area contributed by atoms with Crippen LogP contribution < -0.4 is 10.2 Å². The predicted molar refractivity (Wildman–Crippen MR) is 43.9 cm³/mol. The fraction of sp³-hybridized carbons (Fsp3) is 0.143. The van der Waals surface area contributed by atoms with Gasteiger partial charge in [0, 0.05) is 6.07 Å². The van der Waals surface area contributed by atoms with Crippen molar-refractivity contribution in [2.24, 2.45) is 4.99 Å². The van der Waals surface area contributed by atoms with Crippen LogP contribution in [0.5, 0.6) is 5.88 Å². The zero-order chi connectivity index (χ0) is 8.81. The Morgan fingerprint density at radius 2 is 2.50 bits per heavy atom. The van der Waals surface area contributed by atoms with Crippen molar-refractivity contribution in [3.05, 3.63) is 18.3 Å². The van der Waals surface area contributed by atoms with E-state index in [1.54, 1.807) is 24.7 Å². The zero-order valence-electron chi connectivity index (χ0n) is 6.56. The molecule has 0 atom stereocenters. The first-order valence-corrected chi connectivity index (χ1v) is 3.29. The number of aliphatic imine (C=N–C) groups is 1. The molecule has 0 aromatic carbocycles. The maximum absolute atomic E-state index is 8.18. The molecule has 0 unspecified atom stereocenters. The van der Waals surface area contributed by atoms with E-state index in [1.165, 1.54) is 6.20 Å². The number of hydroxylamine groups is 1. The molecule has 0 radical (unpaired) electrons. The minimum Gasteiger partial charge on any atom is -0.481 e. The molecule has 0 aliphatic heterocycles. The van der Waals surface area contributed by atoms with E-state index < -0.39 is 0 Å². The van der Waals surface area contributed by atoms with E-state index in [4.69, 9.17) is 9.94 Å². The maximum Gasteiger partial charge on any atom is 0.213 e. The molecule has 0 saturated carbocycles. The first-order valence-electron chi connectivity index (χ1n) is 3.29. The van der Waals surface area contributed by atoms with Gasteiger partial charge >= 0.3 is 0 Å². The van der Waals surface area contributed by atoms with Crippen molar-refractivity contribution >= 4 is 12.0 Å². The monoisotopic (exact) mass is 167 g/mol. The normalized spacial score (nSPS) is 10.2. The first kappa shape index (κ1) is 8.48. The van der Waals surface area contributed by atoms with Gasteiger partial charge in [-0.15, -0.1) is 0 Å². The molecule has 2 N–H and O–H groups in total. The van der Waals surface area contributed by atoms with E-state index in [-0.39, 0.29) is 0 Å². The fourth-order valence-electron chi connectivity index (χ4n) is 0.673. The molecule has 0 amide bonds. The van der Waals surface area contributed by atoms with Gasteiger partial charge in [0.05, 0.1) is 19.0 Å². The van der Waals surface area contributed by atoms with Gasteiger partial charge in [0.1, 0.15) is 6.34 Å². The number of rotatable bonds is 3. The third kappa shape index (κ3) is 2.21. The maximum atomic E-state index is 8.18. The summed E-state index contributed by atoms with van der Waals surface area (Å²) in [6.07, 6.45) is 2.69. The van der Waals surface area contributed by atoms with Crippen LogP contribution >= 0.6 is 0 Å². The molecule has 1 heterocycles. The van der Waals surface area contributed by atoms with Crippen LogP contribution in [0.3, 0.4) is 0 Å². The Morgan fingerprint density at radius 3 is 3.00 bits per heavy atom. The lowest BCUT2D eigenvalue weighted by atomic mass is 10.4. The van der Waals surface area contributed by atoms with Crippen molar-refractivity contribution in [1.82, 2.24) is 10.5 Å². The van der Waals surface area contributed by atoms with Gasteiger partial charge in [0.25, 0.3) is 0 Å². The molecule has 12 heavy (non-hydrogen) atoms. The van der Waals surface area contributed by atoms with Crippen LogP contribution in [0.2, 0.25) is 0 Å². The highest BCUT2D eigenvalue weighted by Crippen LogP contribution is 2.12. The summed E-state index contributed by atoms with van der Waals surface area (Å²) >= 11 is 0. The molecule has 0 saturated heterocycles. The second kappa shape index (κ2) is 4.30. The molecule has 0 fully saturated rings. The Bertz CT molecular complexity index is 258. The Hall–Kier alpha value is -1.62. The van der Waals surface area contributed by atoms with Gasteiger partial charge in [0.15, 0.2) is 0 Å². The number of aromatic nitrogens is 1. The Balaban J connectivity index is 2.71. The summed E-state index contributed by atoms with van der Waals surface area (Å²) < 4.78 is 4.85. The Kier molecular flexibility index (Phi) is 3.04. The molecule has 5 heteroatoms. The summed E-state index contributed by atoms with van der Waals surface area (Å²) in [7, 11) is 1.54. The van der Waals surface area contributed by atoms with Crippen LogP contribution in [-0.4, -0.2) is 23.6 Å². The second-order valence-corrected chi connectivity index (χ2v) is 1.95. The van der Waals surface area contributed by atoms with E-state index in [1.807, 2.05) is 0 Å². The lowest BCUT2D eigenvalue weighted by Crippen LogP contribution is -2.00. The summed E-state index contributed by atoms with van der Waals surface area (Å²) in [4.78, 5) is 7.70. The van der Waals surface area contributed by atoms with Crippen LogP contribution in [0, 0.1) is 0 Å². The molecule has 5 nitrogen and oxygen atoms in total. The summed E-state index contributed by atoms with van der Waals surface area (Å²) in [5.41, 5.74) is 2.43. The quantitative estimate of drug-likeness (QED) is 0.395. The average molecular weight is 167 g/mol. The van der Waals surface area contributed by atoms with Crippen LogP contribution in [-0.2, 0) is 0 Å². The predicted octanol–water partition coefficient (Wildman–Crippen LogP) is 0.729. The number of pyridine rings is 1. The van der Waals surface area contributed by atoms with Crippen molar-refractivity contribution in [1.29, 1.82) is 0 Å². The molecule has 0 spiro atoms. The summed E-state index contributed by atoms with van der Waals surface area (Å²) in [6, 6.07) is 3.41. The van der Waals surface area contributed by atoms with Crippen LogP contribution in [0.4, 0.5) is 5.69 Å². The summed E-state index contributed by atoms with van der Waals surface area (Å²) in [5, 5.41) is 8.18. The van der Waals surface area contributed by atoms with Crippen molar-refractivity contribution < 1.29 is 9.94 Å². The number of hydrogen-bond acceptors (Lipinski definition) is 4. The highest BCUT2D eigenvalue weighted by atomic mass is 16.5. The molecule has 0 aliphatic carbocycles. The number of hydrogen-bond donors (Lipinski definition) is 2. The van der Waals surface area contributed by atoms with Crippen molar-refractivity contribution in [2.45, 2.75) is 0 Å². The standard InChI is InChI=1S/C7H9N3O2/c1-12-7-3-2-6(4-8-7)9-5-10-11/h2-5,11H,1H3,(H,9,10). The van der Waals surface area contributed by atoms with Crippen molar-refractivity contribution in [3.8, 4) is 5.88 Å². The first-order chi connectivity index (χ1) is 5.86. The minimum absolute atomic E-state index is 0.533. The molecule has 64 valence electrons. The van der Waals surface area contributed by atoms with Gasteiger partial charge in [-0.05, 0) is 6.07 Å². The van der Waals surface area contributed by atoms with Gasteiger partial charge < -0.3 is 4.74 Å². The second-order valence-electron chi connectivity index (χ2n) is 1.95. The average Bonchev–Trinajstić information content (AvgIpc) is 2.15. The number of methoxy groups -OCH3 is 1. The van der Waals surface area contributed by atoms with E-state index in [0.29, 0.717) is 11.6 Å². The van der Waals surface area contributed by atoms with Gasteiger partial charge in [-0.1, -0.05) is 0 Å². The van der Waals surface area contributed by atoms with Crippen molar-refractivity contribution in [3.63, 3.8) is 0 Å². The van der Waals surface area contributed by atoms with E-state index >= 15 is 0 Å². The topological polar surface area (TPSA) is 66.7 Å². The van der Waals surface area contributed by atoms with Gasteiger partial charge in [-0.3, -0.25) is 10.7 Å². The van der Waals surface area contributed by atoms with E-state index in [9.17, 15) is 0 Å². The van der Waals surface area contributed by atoms with Gasteiger partial charge in [0.2, 0.25) is 5.88 Å². The fourth-order valence-corrected chi connectivity index (χ4v) is 0.673. The van der Waals surface area contributed by atoms with Crippen LogP contribution in [0.25, 0.3) is 0 Å². The van der Waals surface area contributed by atoms with Crippen LogP contribution in [0.1, 0.15) is 0 Å². The van der Waals surface area contributed by atoms with Crippen LogP contribution in [0.15, 0.2) is 23.3 Å². The van der Waals surface area contributed by atoms with Gasteiger partial charge in [-0.25, -0.2) is 9.98 Å². The largest absolute Gasteiger partial charge is 0.481 e. The van der Waals surface area contributed by atoms with E-state index in [2.05, 4.69) is 9.98 Å². The molecule has 0 aliphatic rings. The molecule has 0 bridgehead atoms. The highest BCUT2D eigenvalue weighted by molar-refractivity contribution is 5.59. The highest BCUT2D eigenvalue weighted by Gasteiger charge is 1.90. The lowest BCUT2D eigenvalue weighted by Gasteiger charge is -1.96. The summed E-state index contributed by atoms with van der Waals surface area (Å²) in [6.45, 7) is 0. The third-order valence-corrected chi connectivity index (χ3v) is 1.20. The SMILES string of the molecule is COc1ccc(N=CNO)cn1. The minimum atomic E-state index is 0.533. The molecule has 1 aromatic heterocycles. The number of nitrogens with zero attached hydrogens (tertiary/aromatic N) is 2. The lowest BCUT2D eigenvalue weighted by molar-refractivity contribution is 0.240. The molecular formula is C7H9N3O2. The van der Waals surface area contributed by atoms with E-state index in [0.717, 1.165) is 6.34 Å². The molecule has 1 aromatic rings.